The summed E-state index contributed by atoms with van der Waals surface area (Å²) in [5.41, 5.74) is 8.59. The number of aromatic nitrogens is 4. The third-order valence-corrected chi connectivity index (χ3v) is 8.51. The summed E-state index contributed by atoms with van der Waals surface area (Å²) in [7, 11) is 0. The van der Waals surface area contributed by atoms with Gasteiger partial charge in [-0.05, 0) is 68.9 Å². The van der Waals surface area contributed by atoms with E-state index in [0.717, 1.165) is 64.8 Å². The number of rotatable bonds is 7. The summed E-state index contributed by atoms with van der Waals surface area (Å²) >= 11 is 0. The quantitative estimate of drug-likeness (QED) is 0.461. The highest BCUT2D eigenvalue weighted by molar-refractivity contribution is 5.63. The highest BCUT2D eigenvalue weighted by Crippen LogP contribution is 2.31. The first-order chi connectivity index (χ1) is 19.6. The lowest BCUT2D eigenvalue weighted by molar-refractivity contribution is 0.00790. The highest BCUT2D eigenvalue weighted by atomic mass is 19.1. The van der Waals surface area contributed by atoms with Gasteiger partial charge in [0.25, 0.3) is 0 Å². The van der Waals surface area contributed by atoms with Gasteiger partial charge in [0.2, 0.25) is 5.95 Å². The molecule has 3 aliphatic rings. The summed E-state index contributed by atoms with van der Waals surface area (Å²) in [4.78, 5) is 25.9. The predicted molar refractivity (Wildman–Crippen MR) is 150 cm³/mol. The second-order valence-corrected chi connectivity index (χ2v) is 10.9. The third kappa shape index (κ3) is 5.56. The van der Waals surface area contributed by atoms with Crippen molar-refractivity contribution in [3.8, 4) is 17.1 Å². The van der Waals surface area contributed by atoms with E-state index in [1.807, 2.05) is 6.07 Å². The molecule has 214 valence electrons. The van der Waals surface area contributed by atoms with Crippen LogP contribution in [-0.4, -0.2) is 75.6 Å². The Bertz CT molecular complexity index is 1340. The molecule has 3 N–H and O–H groups in total. The van der Waals surface area contributed by atoms with Crippen LogP contribution in [0.25, 0.3) is 17.1 Å². The fourth-order valence-corrected chi connectivity index (χ4v) is 6.44. The number of anilines is 1. The van der Waals surface area contributed by atoms with Crippen LogP contribution in [0.15, 0.2) is 41.3 Å². The molecule has 4 heterocycles. The van der Waals surface area contributed by atoms with Gasteiger partial charge < -0.3 is 20.5 Å². The largest absolute Gasteiger partial charge is 0.381 e. The summed E-state index contributed by atoms with van der Waals surface area (Å²) in [6.07, 6.45) is 7.52. The van der Waals surface area contributed by atoms with E-state index in [9.17, 15) is 9.18 Å². The number of hydrogen-bond acceptors (Lipinski definition) is 8. The molecule has 0 unspecified atom stereocenters. The normalized spacial score (nSPS) is 22.9. The molecule has 3 aromatic rings. The first-order valence-corrected chi connectivity index (χ1v) is 14.4. The topological polar surface area (TPSA) is 112 Å². The van der Waals surface area contributed by atoms with Crippen molar-refractivity contribution < 1.29 is 13.9 Å². The second kappa shape index (κ2) is 12.2. The maximum atomic E-state index is 14.0. The van der Waals surface area contributed by atoms with E-state index in [2.05, 4.69) is 15.2 Å². The fourth-order valence-electron chi connectivity index (χ4n) is 6.44. The minimum Gasteiger partial charge on any atom is -0.381 e. The van der Waals surface area contributed by atoms with Crippen molar-refractivity contribution in [2.75, 3.05) is 44.8 Å². The summed E-state index contributed by atoms with van der Waals surface area (Å²) in [6, 6.07) is 8.62. The van der Waals surface area contributed by atoms with Crippen molar-refractivity contribution >= 4 is 5.95 Å². The van der Waals surface area contributed by atoms with E-state index in [-0.39, 0.29) is 30.1 Å². The van der Waals surface area contributed by atoms with E-state index >= 15 is 0 Å². The van der Waals surface area contributed by atoms with E-state index in [4.69, 9.17) is 20.2 Å². The molecule has 0 radical (unpaired) electrons. The number of ether oxygens (including phenoxy) is 2. The molecular weight excluding hydrogens is 513 g/mol. The van der Waals surface area contributed by atoms with Gasteiger partial charge in [0.1, 0.15) is 5.82 Å². The van der Waals surface area contributed by atoms with Crippen LogP contribution in [0.4, 0.5) is 10.3 Å². The zero-order valence-electron chi connectivity index (χ0n) is 22.8. The SMILES string of the molecule is NCc1c(-c2ccnc(NC3CCC(N4CCOCC4)CC3)n2)n(-c2ccc(F)cc2)c(=O)n1C1CCOCC1. The zero-order valence-corrected chi connectivity index (χ0v) is 22.8. The number of halogens is 1. The van der Waals surface area contributed by atoms with Crippen LogP contribution in [0.3, 0.4) is 0 Å². The number of nitrogens with one attached hydrogen (secondary N) is 1. The molecule has 1 saturated carbocycles. The number of benzene rings is 1. The lowest BCUT2D eigenvalue weighted by Crippen LogP contribution is -2.46. The van der Waals surface area contributed by atoms with Crippen LogP contribution < -0.4 is 16.7 Å². The Morgan fingerprint density at radius 3 is 2.33 bits per heavy atom. The van der Waals surface area contributed by atoms with Crippen LogP contribution in [-0.2, 0) is 16.0 Å². The number of hydrogen-bond donors (Lipinski definition) is 2. The average Bonchev–Trinajstić information content (AvgIpc) is 3.31. The van der Waals surface area contributed by atoms with Crippen LogP contribution in [0.5, 0.6) is 0 Å². The van der Waals surface area contributed by atoms with Crippen molar-refractivity contribution in [1.82, 2.24) is 24.0 Å². The van der Waals surface area contributed by atoms with E-state index < -0.39 is 0 Å². The Morgan fingerprint density at radius 1 is 0.925 bits per heavy atom. The van der Waals surface area contributed by atoms with E-state index in [0.29, 0.717) is 48.0 Å². The fraction of sp³-hybridized carbons (Fsp3) is 0.552. The first-order valence-electron chi connectivity index (χ1n) is 14.4. The molecule has 10 nitrogen and oxygen atoms in total. The number of nitrogens with two attached hydrogens (primary N) is 1. The summed E-state index contributed by atoms with van der Waals surface area (Å²) in [5.74, 6) is 0.172. The standard InChI is InChI=1S/C29H38FN7O3/c30-20-1-5-23(6-2-20)37-27(26(19-31)36(29(37)38)24-10-15-39-16-11-24)25-9-12-32-28(34-25)33-21-3-7-22(8-4-21)35-13-17-40-18-14-35/h1-2,5-6,9,12,21-22,24H,3-4,7-8,10-11,13-19,31H2,(H,32,33,34). The van der Waals surface area contributed by atoms with E-state index in [1.165, 1.54) is 12.1 Å². The van der Waals surface area contributed by atoms with Crippen molar-refractivity contribution in [2.45, 2.75) is 63.2 Å². The monoisotopic (exact) mass is 551 g/mol. The van der Waals surface area contributed by atoms with Gasteiger partial charge in [-0.2, -0.15) is 0 Å². The molecule has 0 spiro atoms. The Kier molecular flexibility index (Phi) is 8.24. The first kappa shape index (κ1) is 27.1. The molecule has 0 atom stereocenters. The molecule has 0 amide bonds. The minimum absolute atomic E-state index is 0.0265. The lowest BCUT2D eigenvalue weighted by atomic mass is 9.90. The van der Waals surface area contributed by atoms with Gasteiger partial charge in [-0.15, -0.1) is 0 Å². The van der Waals surface area contributed by atoms with Crippen molar-refractivity contribution in [3.63, 3.8) is 0 Å². The summed E-state index contributed by atoms with van der Waals surface area (Å²) in [5, 5.41) is 3.55. The van der Waals surface area contributed by atoms with E-state index in [1.54, 1.807) is 27.5 Å². The molecule has 1 aromatic carbocycles. The zero-order chi connectivity index (χ0) is 27.5. The smallest absolute Gasteiger partial charge is 0.333 e. The molecule has 11 heteroatoms. The van der Waals surface area contributed by atoms with Crippen molar-refractivity contribution in [1.29, 1.82) is 0 Å². The average molecular weight is 552 g/mol. The van der Waals surface area contributed by atoms with Crippen LogP contribution in [0.1, 0.15) is 50.3 Å². The lowest BCUT2D eigenvalue weighted by Gasteiger charge is -2.38. The Morgan fingerprint density at radius 2 is 1.62 bits per heavy atom. The van der Waals surface area contributed by atoms with Gasteiger partial charge in [0.05, 0.1) is 36.0 Å². The highest BCUT2D eigenvalue weighted by Gasteiger charge is 2.30. The summed E-state index contributed by atoms with van der Waals surface area (Å²) in [6.45, 7) is 5.02. The molecule has 2 aliphatic heterocycles. The second-order valence-electron chi connectivity index (χ2n) is 10.9. The van der Waals surface area contributed by atoms with Gasteiger partial charge in [0.15, 0.2) is 0 Å². The Labute approximate surface area is 233 Å². The van der Waals surface area contributed by atoms with Gasteiger partial charge in [-0.3, -0.25) is 14.0 Å². The Hall–Kier alpha value is -3.12. The number of imidazole rings is 1. The molecule has 2 aromatic heterocycles. The minimum atomic E-state index is -0.363. The molecule has 1 aliphatic carbocycles. The van der Waals surface area contributed by atoms with Crippen LogP contribution >= 0.6 is 0 Å². The van der Waals surface area contributed by atoms with Gasteiger partial charge in [0, 0.05) is 57.2 Å². The van der Waals surface area contributed by atoms with Crippen LogP contribution in [0.2, 0.25) is 0 Å². The van der Waals surface area contributed by atoms with Crippen molar-refractivity contribution in [3.05, 3.63) is 58.5 Å². The van der Waals surface area contributed by atoms with Crippen LogP contribution in [0, 0.1) is 5.82 Å². The maximum Gasteiger partial charge on any atom is 0.333 e. The molecular formula is C29H38FN7O3. The Balaban J connectivity index is 1.30. The van der Waals surface area contributed by atoms with Gasteiger partial charge >= 0.3 is 5.69 Å². The van der Waals surface area contributed by atoms with Crippen molar-refractivity contribution in [2.24, 2.45) is 5.73 Å². The molecule has 2 saturated heterocycles. The summed E-state index contributed by atoms with van der Waals surface area (Å²) < 4.78 is 28.3. The predicted octanol–water partition coefficient (Wildman–Crippen LogP) is 3.10. The van der Waals surface area contributed by atoms with Gasteiger partial charge in [-0.1, -0.05) is 0 Å². The maximum absolute atomic E-state index is 14.0. The number of nitrogens with zero attached hydrogens (tertiary/aromatic N) is 5. The van der Waals surface area contributed by atoms with Gasteiger partial charge in [-0.25, -0.2) is 19.2 Å². The molecule has 3 fully saturated rings. The molecule has 40 heavy (non-hydrogen) atoms. The molecule has 6 rings (SSSR count). The molecule has 0 bridgehead atoms. The third-order valence-electron chi connectivity index (χ3n) is 8.51. The number of morpholine rings is 1.